The fraction of sp³-hybridized carbons (Fsp3) is 0.500. The topological polar surface area (TPSA) is 35.6 Å². The van der Waals surface area contributed by atoms with Crippen LogP contribution in [-0.2, 0) is 11.3 Å². The smallest absolute Gasteiger partial charge is 0.220 e. The summed E-state index contributed by atoms with van der Waals surface area (Å²) in [6, 6.07) is 12.8. The number of likely N-dealkylation sites (tertiary alicyclic amines) is 1. The fourth-order valence-electron chi connectivity index (χ4n) is 5.96. The molecule has 0 aliphatic carbocycles. The van der Waals surface area contributed by atoms with Gasteiger partial charge in [0, 0.05) is 50.7 Å². The average Bonchev–Trinajstić information content (AvgIpc) is 3.13. The summed E-state index contributed by atoms with van der Waals surface area (Å²) in [5.41, 5.74) is 2.92. The Labute approximate surface area is 188 Å². The zero-order chi connectivity index (χ0) is 22.1. The van der Waals surface area contributed by atoms with E-state index in [9.17, 15) is 13.6 Å². The molecule has 32 heavy (non-hydrogen) atoms. The fourth-order valence-corrected chi connectivity index (χ4v) is 5.96. The van der Waals surface area contributed by atoms with E-state index in [0.717, 1.165) is 44.6 Å². The number of rotatable bonds is 4. The molecule has 5 rings (SSSR count). The van der Waals surface area contributed by atoms with Gasteiger partial charge in [-0.1, -0.05) is 24.3 Å². The van der Waals surface area contributed by atoms with Crippen molar-refractivity contribution in [1.82, 2.24) is 10.2 Å². The van der Waals surface area contributed by atoms with Gasteiger partial charge in [0.05, 0.1) is 5.54 Å². The second-order valence-electron chi connectivity index (χ2n) is 9.63. The van der Waals surface area contributed by atoms with Gasteiger partial charge in [-0.3, -0.25) is 9.69 Å². The van der Waals surface area contributed by atoms with Crippen LogP contribution in [0.2, 0.25) is 0 Å². The number of anilines is 1. The zero-order valence-corrected chi connectivity index (χ0v) is 18.5. The first-order valence-electron chi connectivity index (χ1n) is 11.9. The van der Waals surface area contributed by atoms with E-state index in [1.807, 2.05) is 0 Å². The summed E-state index contributed by atoms with van der Waals surface area (Å²) in [6.07, 6.45) is 5.96. The van der Waals surface area contributed by atoms with Gasteiger partial charge in [-0.2, -0.15) is 0 Å². The summed E-state index contributed by atoms with van der Waals surface area (Å²) >= 11 is 0. The molecule has 6 heteroatoms. The Hall–Kier alpha value is -2.47. The van der Waals surface area contributed by atoms with Crippen molar-refractivity contribution in [3.63, 3.8) is 0 Å². The monoisotopic (exact) mass is 439 g/mol. The predicted octanol–water partition coefficient (Wildman–Crippen LogP) is 4.59. The SMILES string of the molecule is O=C1CCC[C@]2(CN(Cc3ccccc3N3CCCCC3)C[C@H]2c2ccc(F)c(F)c2)N1. The molecular weight excluding hydrogens is 408 g/mol. The molecule has 2 aromatic rings. The molecule has 3 heterocycles. The summed E-state index contributed by atoms with van der Waals surface area (Å²) in [5.74, 6) is -1.67. The van der Waals surface area contributed by atoms with Crippen molar-refractivity contribution in [2.45, 2.75) is 56.5 Å². The zero-order valence-electron chi connectivity index (χ0n) is 18.5. The lowest BCUT2D eigenvalue weighted by atomic mass is 9.76. The third-order valence-corrected chi connectivity index (χ3v) is 7.46. The van der Waals surface area contributed by atoms with Gasteiger partial charge in [-0.05, 0) is 61.4 Å². The molecule has 3 fully saturated rings. The predicted molar refractivity (Wildman–Crippen MR) is 122 cm³/mol. The van der Waals surface area contributed by atoms with E-state index in [4.69, 9.17) is 0 Å². The van der Waals surface area contributed by atoms with E-state index in [0.29, 0.717) is 13.0 Å². The van der Waals surface area contributed by atoms with Gasteiger partial charge in [0.25, 0.3) is 0 Å². The first kappa shape index (κ1) is 21.4. The molecule has 1 N–H and O–H groups in total. The van der Waals surface area contributed by atoms with E-state index in [-0.39, 0.29) is 11.8 Å². The summed E-state index contributed by atoms with van der Waals surface area (Å²) in [5, 5.41) is 3.26. The highest BCUT2D eigenvalue weighted by Crippen LogP contribution is 2.42. The highest BCUT2D eigenvalue weighted by Gasteiger charge is 2.49. The number of halogens is 2. The summed E-state index contributed by atoms with van der Waals surface area (Å²) in [4.78, 5) is 17.2. The van der Waals surface area contributed by atoms with Crippen LogP contribution in [0.5, 0.6) is 0 Å². The number of para-hydroxylation sites is 1. The van der Waals surface area contributed by atoms with Crippen molar-refractivity contribution in [1.29, 1.82) is 0 Å². The number of carbonyl (C=O) groups is 1. The Morgan fingerprint density at radius 2 is 1.81 bits per heavy atom. The third-order valence-electron chi connectivity index (χ3n) is 7.46. The van der Waals surface area contributed by atoms with Crippen molar-refractivity contribution in [3.05, 3.63) is 65.2 Å². The second kappa shape index (κ2) is 8.81. The van der Waals surface area contributed by atoms with Crippen molar-refractivity contribution in [2.75, 3.05) is 31.1 Å². The van der Waals surface area contributed by atoms with Crippen LogP contribution in [0.4, 0.5) is 14.5 Å². The molecule has 2 atom stereocenters. The average molecular weight is 440 g/mol. The molecule has 0 unspecified atom stereocenters. The molecule has 0 saturated carbocycles. The number of benzene rings is 2. The normalized spacial score (nSPS) is 26.5. The standard InChI is InChI=1S/C26H31F2N3O/c27-22-11-10-19(15-23(22)28)21-17-30(18-26(21)12-6-9-25(32)29-26)16-20-7-2-3-8-24(20)31-13-4-1-5-14-31/h2-3,7-8,10-11,15,21H,1,4-6,9,12-14,16-18H2,(H,29,32)/t21-,26+/m0/s1. The van der Waals surface area contributed by atoms with E-state index >= 15 is 0 Å². The number of carbonyl (C=O) groups excluding carboxylic acids is 1. The third kappa shape index (κ3) is 4.13. The minimum Gasteiger partial charge on any atom is -0.371 e. The van der Waals surface area contributed by atoms with Crippen molar-refractivity contribution < 1.29 is 13.6 Å². The van der Waals surface area contributed by atoms with Crippen molar-refractivity contribution >= 4 is 11.6 Å². The van der Waals surface area contributed by atoms with Crippen LogP contribution in [0.3, 0.4) is 0 Å². The second-order valence-corrected chi connectivity index (χ2v) is 9.63. The number of hydrogen-bond donors (Lipinski definition) is 1. The number of hydrogen-bond acceptors (Lipinski definition) is 3. The lowest BCUT2D eigenvalue weighted by Gasteiger charge is -2.39. The van der Waals surface area contributed by atoms with Gasteiger partial charge in [-0.25, -0.2) is 8.78 Å². The van der Waals surface area contributed by atoms with Gasteiger partial charge >= 0.3 is 0 Å². The summed E-state index contributed by atoms with van der Waals surface area (Å²) in [7, 11) is 0. The number of amides is 1. The van der Waals surface area contributed by atoms with Gasteiger partial charge < -0.3 is 10.2 Å². The van der Waals surface area contributed by atoms with Gasteiger partial charge in [0.1, 0.15) is 0 Å². The van der Waals surface area contributed by atoms with E-state index < -0.39 is 17.2 Å². The summed E-state index contributed by atoms with van der Waals surface area (Å²) in [6.45, 7) is 4.39. The Balaban J connectivity index is 1.43. The minimum absolute atomic E-state index is 0.0550. The highest BCUT2D eigenvalue weighted by molar-refractivity contribution is 5.78. The molecule has 3 aliphatic heterocycles. The van der Waals surface area contributed by atoms with Gasteiger partial charge in [0.2, 0.25) is 5.91 Å². The van der Waals surface area contributed by atoms with Crippen LogP contribution in [-0.4, -0.2) is 42.5 Å². The van der Waals surface area contributed by atoms with Gasteiger partial charge in [-0.15, -0.1) is 0 Å². The lowest BCUT2D eigenvalue weighted by molar-refractivity contribution is -0.125. The van der Waals surface area contributed by atoms with E-state index in [1.54, 1.807) is 6.07 Å². The van der Waals surface area contributed by atoms with E-state index in [2.05, 4.69) is 39.4 Å². The first-order valence-corrected chi connectivity index (χ1v) is 11.9. The maximum atomic E-state index is 14.1. The van der Waals surface area contributed by atoms with E-state index in [1.165, 1.54) is 42.6 Å². The summed E-state index contributed by atoms with van der Waals surface area (Å²) < 4.78 is 27.7. The number of piperidine rings is 2. The first-order chi connectivity index (χ1) is 15.5. The molecule has 0 radical (unpaired) electrons. The molecule has 3 aliphatic rings. The highest BCUT2D eigenvalue weighted by atomic mass is 19.2. The lowest BCUT2D eigenvalue weighted by Crippen LogP contribution is -2.56. The molecule has 0 aromatic heterocycles. The van der Waals surface area contributed by atoms with Crippen LogP contribution < -0.4 is 10.2 Å². The molecule has 1 spiro atoms. The van der Waals surface area contributed by atoms with Crippen molar-refractivity contribution in [3.8, 4) is 0 Å². The number of nitrogens with one attached hydrogen (secondary N) is 1. The Kier molecular flexibility index (Phi) is 5.89. The van der Waals surface area contributed by atoms with Crippen molar-refractivity contribution in [2.24, 2.45) is 0 Å². The Bertz CT molecular complexity index is 991. The molecule has 0 bridgehead atoms. The van der Waals surface area contributed by atoms with Crippen LogP contribution >= 0.6 is 0 Å². The molecule has 3 saturated heterocycles. The molecular formula is C26H31F2N3O. The molecule has 4 nitrogen and oxygen atoms in total. The van der Waals surface area contributed by atoms with Crippen LogP contribution in [0, 0.1) is 11.6 Å². The van der Waals surface area contributed by atoms with Crippen LogP contribution in [0.15, 0.2) is 42.5 Å². The minimum atomic E-state index is -0.833. The van der Waals surface area contributed by atoms with Crippen LogP contribution in [0.1, 0.15) is 55.6 Å². The molecule has 2 aromatic carbocycles. The molecule has 170 valence electrons. The van der Waals surface area contributed by atoms with Gasteiger partial charge in [0.15, 0.2) is 11.6 Å². The Morgan fingerprint density at radius 3 is 2.59 bits per heavy atom. The maximum absolute atomic E-state index is 14.1. The molecule has 1 amide bonds. The number of nitrogens with zero attached hydrogens (tertiary/aromatic N) is 2. The quantitative estimate of drug-likeness (QED) is 0.757. The largest absolute Gasteiger partial charge is 0.371 e. The van der Waals surface area contributed by atoms with Crippen LogP contribution in [0.25, 0.3) is 0 Å². The Morgan fingerprint density at radius 1 is 1.00 bits per heavy atom. The maximum Gasteiger partial charge on any atom is 0.220 e.